The smallest absolute Gasteiger partial charge is 0.207 e. The maximum atomic E-state index is 13.8. The largest absolute Gasteiger partial charge is 0.234 e. The molecule has 0 atom stereocenters. The number of benzene rings is 2. The summed E-state index contributed by atoms with van der Waals surface area (Å²) in [6.45, 7) is 0. The van der Waals surface area contributed by atoms with Crippen LogP contribution in [0.1, 0.15) is 11.4 Å². The number of hydrogen-bond acceptors (Lipinski definition) is 4. The van der Waals surface area contributed by atoms with Gasteiger partial charge in [0.15, 0.2) is 5.82 Å². The number of halogens is 2. The fraction of sp³-hybridized carbons (Fsp3) is 0.0625. The summed E-state index contributed by atoms with van der Waals surface area (Å²) in [5.74, 6) is -0.0612. The minimum absolute atomic E-state index is 0.287. The molecule has 0 aliphatic carbocycles. The SMILES string of the molecule is Fc1cccc(-c2nn3c(Cc4ccccc4F)nnc3s2)c1. The molecule has 0 radical (unpaired) electrons. The van der Waals surface area contributed by atoms with Gasteiger partial charge >= 0.3 is 0 Å². The Morgan fingerprint density at radius 3 is 2.70 bits per heavy atom. The van der Waals surface area contributed by atoms with Gasteiger partial charge in [0.25, 0.3) is 0 Å². The van der Waals surface area contributed by atoms with Crippen LogP contribution in [0.25, 0.3) is 15.5 Å². The van der Waals surface area contributed by atoms with Crippen LogP contribution in [0.15, 0.2) is 48.5 Å². The first-order valence-electron chi connectivity index (χ1n) is 6.91. The Labute approximate surface area is 134 Å². The van der Waals surface area contributed by atoms with Crippen LogP contribution in [0.2, 0.25) is 0 Å². The Bertz CT molecular complexity index is 993. The van der Waals surface area contributed by atoms with Gasteiger partial charge in [-0.1, -0.05) is 41.7 Å². The van der Waals surface area contributed by atoms with Crippen molar-refractivity contribution in [1.82, 2.24) is 19.8 Å². The molecule has 0 bridgehead atoms. The van der Waals surface area contributed by atoms with E-state index < -0.39 is 0 Å². The lowest BCUT2D eigenvalue weighted by atomic mass is 10.1. The Balaban J connectivity index is 1.74. The number of aromatic nitrogens is 4. The molecule has 2 aromatic carbocycles. The lowest BCUT2D eigenvalue weighted by Crippen LogP contribution is -1.99. The lowest BCUT2D eigenvalue weighted by Gasteiger charge is -2.00. The summed E-state index contributed by atoms with van der Waals surface area (Å²) < 4.78 is 28.7. The summed E-state index contributed by atoms with van der Waals surface area (Å²) in [5, 5.41) is 13.2. The molecule has 0 saturated heterocycles. The summed E-state index contributed by atoms with van der Waals surface area (Å²) in [5.41, 5.74) is 1.21. The molecule has 0 fully saturated rings. The maximum absolute atomic E-state index is 13.8. The standard InChI is InChI=1S/C16H10F2N4S/c17-12-6-3-5-11(8-12)15-21-22-14(19-20-16(22)23-15)9-10-4-1-2-7-13(10)18/h1-8H,9H2. The molecule has 4 aromatic rings. The monoisotopic (exact) mass is 328 g/mol. The van der Waals surface area contributed by atoms with Crippen molar-refractivity contribution in [2.24, 2.45) is 0 Å². The van der Waals surface area contributed by atoms with Crippen molar-refractivity contribution in [1.29, 1.82) is 0 Å². The van der Waals surface area contributed by atoms with Crippen molar-refractivity contribution < 1.29 is 8.78 Å². The van der Waals surface area contributed by atoms with Crippen molar-refractivity contribution in [3.63, 3.8) is 0 Å². The van der Waals surface area contributed by atoms with Crippen molar-refractivity contribution >= 4 is 16.3 Å². The second-order valence-corrected chi connectivity index (χ2v) is 5.95. The number of rotatable bonds is 3. The Morgan fingerprint density at radius 1 is 1.00 bits per heavy atom. The third kappa shape index (κ3) is 2.59. The molecule has 0 spiro atoms. The van der Waals surface area contributed by atoms with Crippen LogP contribution in [-0.2, 0) is 6.42 Å². The molecule has 0 saturated carbocycles. The first kappa shape index (κ1) is 14.0. The van der Waals surface area contributed by atoms with Crippen LogP contribution in [0.4, 0.5) is 8.78 Å². The predicted octanol–water partition coefficient (Wildman–Crippen LogP) is 3.72. The van der Waals surface area contributed by atoms with Gasteiger partial charge in [-0.2, -0.15) is 9.61 Å². The molecule has 2 heterocycles. The highest BCUT2D eigenvalue weighted by molar-refractivity contribution is 7.19. The first-order chi connectivity index (χ1) is 11.2. The van der Waals surface area contributed by atoms with Gasteiger partial charge in [0.1, 0.15) is 16.6 Å². The van der Waals surface area contributed by atoms with Gasteiger partial charge in [0, 0.05) is 12.0 Å². The zero-order valence-corrected chi connectivity index (χ0v) is 12.6. The topological polar surface area (TPSA) is 43.1 Å². The molecule has 23 heavy (non-hydrogen) atoms. The van der Waals surface area contributed by atoms with Crippen LogP contribution in [0.3, 0.4) is 0 Å². The number of hydrogen-bond donors (Lipinski definition) is 0. The number of nitrogens with zero attached hydrogens (tertiary/aromatic N) is 4. The van der Waals surface area contributed by atoms with E-state index in [1.807, 2.05) is 0 Å². The highest BCUT2D eigenvalue weighted by atomic mass is 32.1. The lowest BCUT2D eigenvalue weighted by molar-refractivity contribution is 0.611. The van der Waals surface area contributed by atoms with Crippen LogP contribution in [0, 0.1) is 11.6 Å². The van der Waals surface area contributed by atoms with Gasteiger partial charge in [0.2, 0.25) is 4.96 Å². The molecule has 0 N–H and O–H groups in total. The van der Waals surface area contributed by atoms with Gasteiger partial charge in [0.05, 0.1) is 0 Å². The Kier molecular flexibility index (Phi) is 3.34. The summed E-state index contributed by atoms with van der Waals surface area (Å²) in [4.78, 5) is 0.593. The summed E-state index contributed by atoms with van der Waals surface area (Å²) >= 11 is 1.31. The molecule has 0 aliphatic heterocycles. The quantitative estimate of drug-likeness (QED) is 0.576. The molecule has 7 heteroatoms. The van der Waals surface area contributed by atoms with Crippen molar-refractivity contribution in [3.05, 3.63) is 71.6 Å². The highest BCUT2D eigenvalue weighted by Crippen LogP contribution is 2.26. The van der Waals surface area contributed by atoms with Crippen LogP contribution >= 0.6 is 11.3 Å². The normalized spacial score (nSPS) is 11.2. The number of fused-ring (bicyclic) bond motifs is 1. The van der Waals surface area contributed by atoms with Gasteiger partial charge in [-0.3, -0.25) is 0 Å². The van der Waals surface area contributed by atoms with E-state index in [0.29, 0.717) is 33.3 Å². The van der Waals surface area contributed by atoms with E-state index in [4.69, 9.17) is 0 Å². The molecule has 0 amide bonds. The molecule has 4 rings (SSSR count). The van der Waals surface area contributed by atoms with E-state index >= 15 is 0 Å². The van der Waals surface area contributed by atoms with E-state index in [9.17, 15) is 8.78 Å². The third-order valence-corrected chi connectivity index (χ3v) is 4.38. The fourth-order valence-corrected chi connectivity index (χ4v) is 3.17. The van der Waals surface area contributed by atoms with E-state index in [2.05, 4.69) is 15.3 Å². The van der Waals surface area contributed by atoms with E-state index in [0.717, 1.165) is 0 Å². The fourth-order valence-electron chi connectivity index (χ4n) is 2.32. The van der Waals surface area contributed by atoms with Gasteiger partial charge < -0.3 is 0 Å². The average Bonchev–Trinajstić information content (AvgIpc) is 3.11. The van der Waals surface area contributed by atoms with Crippen molar-refractivity contribution in [2.45, 2.75) is 6.42 Å². The molecule has 0 aliphatic rings. The molecule has 0 unspecified atom stereocenters. The summed E-state index contributed by atoms with van der Waals surface area (Å²) in [6, 6.07) is 12.7. The zero-order valence-electron chi connectivity index (χ0n) is 11.8. The minimum Gasteiger partial charge on any atom is -0.207 e. The maximum Gasteiger partial charge on any atom is 0.234 e. The van der Waals surface area contributed by atoms with E-state index in [1.54, 1.807) is 34.8 Å². The van der Waals surface area contributed by atoms with Crippen LogP contribution < -0.4 is 0 Å². The van der Waals surface area contributed by atoms with E-state index in [1.165, 1.54) is 29.5 Å². The van der Waals surface area contributed by atoms with Gasteiger partial charge in [-0.05, 0) is 23.8 Å². The van der Waals surface area contributed by atoms with Crippen molar-refractivity contribution in [3.8, 4) is 10.6 Å². The first-order valence-corrected chi connectivity index (χ1v) is 7.73. The predicted molar refractivity (Wildman–Crippen MR) is 83.3 cm³/mol. The van der Waals surface area contributed by atoms with Crippen LogP contribution in [-0.4, -0.2) is 19.8 Å². The van der Waals surface area contributed by atoms with Gasteiger partial charge in [-0.25, -0.2) is 8.78 Å². The van der Waals surface area contributed by atoms with E-state index in [-0.39, 0.29) is 11.6 Å². The summed E-state index contributed by atoms with van der Waals surface area (Å²) in [6.07, 6.45) is 0.292. The molecule has 2 aromatic heterocycles. The highest BCUT2D eigenvalue weighted by Gasteiger charge is 2.14. The molecule has 4 nitrogen and oxygen atoms in total. The second kappa shape index (κ2) is 5.51. The Hall–Kier alpha value is -2.67. The van der Waals surface area contributed by atoms with Crippen LogP contribution in [0.5, 0.6) is 0 Å². The molecular formula is C16H10F2N4S. The summed E-state index contributed by atoms with van der Waals surface area (Å²) in [7, 11) is 0. The Morgan fingerprint density at radius 2 is 1.87 bits per heavy atom. The van der Waals surface area contributed by atoms with Crippen molar-refractivity contribution in [2.75, 3.05) is 0 Å². The third-order valence-electron chi connectivity index (χ3n) is 3.43. The zero-order chi connectivity index (χ0) is 15.8. The minimum atomic E-state index is -0.319. The molecular weight excluding hydrogens is 318 g/mol. The molecule has 114 valence electrons. The average molecular weight is 328 g/mol. The van der Waals surface area contributed by atoms with Gasteiger partial charge in [-0.15, -0.1) is 10.2 Å². The second-order valence-electron chi connectivity index (χ2n) is 5.00.